The van der Waals surface area contributed by atoms with E-state index in [0.29, 0.717) is 6.61 Å². The highest BCUT2D eigenvalue weighted by Gasteiger charge is 2.03. The summed E-state index contributed by atoms with van der Waals surface area (Å²) in [5.41, 5.74) is 4.62. The Hall–Kier alpha value is -3.27. The summed E-state index contributed by atoms with van der Waals surface area (Å²) in [6, 6.07) is 24.5. The fourth-order valence-electron chi connectivity index (χ4n) is 3.08. The van der Waals surface area contributed by atoms with Crippen LogP contribution in [0.25, 0.3) is 11.0 Å². The Kier molecular flexibility index (Phi) is 5.06. The molecule has 1 heterocycles. The standard InChI is InChI=1S/C23H22N2O2/c1-26-20-10-8-19(9-11-20)16-27-21-12-6-18(7-13-21)14-15-25-17-24-22-4-2-3-5-23(22)25/h2-13,17H,14-16H2,1H3. The highest BCUT2D eigenvalue weighted by atomic mass is 16.5. The van der Waals surface area contributed by atoms with Crippen molar-refractivity contribution >= 4 is 11.0 Å². The lowest BCUT2D eigenvalue weighted by Crippen LogP contribution is -2.00. The van der Waals surface area contributed by atoms with Crippen molar-refractivity contribution in [1.82, 2.24) is 9.55 Å². The Morgan fingerprint density at radius 2 is 1.52 bits per heavy atom. The molecule has 0 fully saturated rings. The molecule has 0 unspecified atom stereocenters. The van der Waals surface area contributed by atoms with E-state index < -0.39 is 0 Å². The predicted octanol–water partition coefficient (Wildman–Crippen LogP) is 4.87. The number of benzene rings is 3. The number of nitrogens with zero attached hydrogens (tertiary/aromatic N) is 2. The summed E-state index contributed by atoms with van der Waals surface area (Å²) in [5.74, 6) is 1.73. The second-order valence-electron chi connectivity index (χ2n) is 6.46. The van der Waals surface area contributed by atoms with Gasteiger partial charge in [0.25, 0.3) is 0 Å². The monoisotopic (exact) mass is 358 g/mol. The fourth-order valence-corrected chi connectivity index (χ4v) is 3.08. The second kappa shape index (κ2) is 7.96. The van der Waals surface area contributed by atoms with Crippen LogP contribution in [0.2, 0.25) is 0 Å². The summed E-state index contributed by atoms with van der Waals surface area (Å²) in [7, 11) is 1.67. The van der Waals surface area contributed by atoms with E-state index in [9.17, 15) is 0 Å². The molecule has 1 aromatic heterocycles. The number of ether oxygens (including phenoxy) is 2. The van der Waals surface area contributed by atoms with Gasteiger partial charge in [0.1, 0.15) is 18.1 Å². The second-order valence-corrected chi connectivity index (χ2v) is 6.46. The van der Waals surface area contributed by atoms with Gasteiger partial charge in [-0.1, -0.05) is 36.4 Å². The zero-order chi connectivity index (χ0) is 18.5. The van der Waals surface area contributed by atoms with E-state index in [1.807, 2.05) is 54.9 Å². The van der Waals surface area contributed by atoms with Gasteiger partial charge in [-0.3, -0.25) is 0 Å². The van der Waals surface area contributed by atoms with Gasteiger partial charge < -0.3 is 14.0 Å². The van der Waals surface area contributed by atoms with E-state index in [1.165, 1.54) is 11.1 Å². The topological polar surface area (TPSA) is 36.3 Å². The Morgan fingerprint density at radius 1 is 0.815 bits per heavy atom. The van der Waals surface area contributed by atoms with Crippen LogP contribution in [0, 0.1) is 0 Å². The van der Waals surface area contributed by atoms with Crippen molar-refractivity contribution in [2.75, 3.05) is 7.11 Å². The molecule has 4 heteroatoms. The number of aromatic nitrogens is 2. The smallest absolute Gasteiger partial charge is 0.119 e. The summed E-state index contributed by atoms with van der Waals surface area (Å²) in [6.07, 6.45) is 2.87. The van der Waals surface area contributed by atoms with Gasteiger partial charge in [-0.2, -0.15) is 0 Å². The molecule has 0 aliphatic rings. The third kappa shape index (κ3) is 4.11. The third-order valence-corrected chi connectivity index (χ3v) is 4.66. The molecule has 136 valence electrons. The van der Waals surface area contributed by atoms with Gasteiger partial charge in [0.2, 0.25) is 0 Å². The molecule has 3 aromatic carbocycles. The minimum absolute atomic E-state index is 0.546. The summed E-state index contributed by atoms with van der Waals surface area (Å²) in [4.78, 5) is 4.44. The largest absolute Gasteiger partial charge is 0.497 e. The molecule has 0 aliphatic carbocycles. The summed E-state index contributed by atoms with van der Waals surface area (Å²) in [5, 5.41) is 0. The van der Waals surface area contributed by atoms with E-state index in [1.54, 1.807) is 7.11 Å². The number of methoxy groups -OCH3 is 1. The average Bonchev–Trinajstić information content (AvgIpc) is 3.15. The molecule has 4 nitrogen and oxygen atoms in total. The maximum Gasteiger partial charge on any atom is 0.119 e. The van der Waals surface area contributed by atoms with Gasteiger partial charge in [-0.05, 0) is 53.9 Å². The first-order valence-corrected chi connectivity index (χ1v) is 9.06. The molecule has 0 amide bonds. The third-order valence-electron chi connectivity index (χ3n) is 4.66. The lowest BCUT2D eigenvalue weighted by Gasteiger charge is -2.09. The van der Waals surface area contributed by atoms with Crippen molar-refractivity contribution in [3.63, 3.8) is 0 Å². The van der Waals surface area contributed by atoms with E-state index in [4.69, 9.17) is 9.47 Å². The van der Waals surface area contributed by atoms with Gasteiger partial charge in [0, 0.05) is 6.54 Å². The number of hydrogen-bond donors (Lipinski definition) is 0. The number of para-hydroxylation sites is 2. The van der Waals surface area contributed by atoms with Gasteiger partial charge in [-0.15, -0.1) is 0 Å². The minimum atomic E-state index is 0.546. The summed E-state index contributed by atoms with van der Waals surface area (Å²) < 4.78 is 13.2. The maximum absolute atomic E-state index is 5.87. The molecule has 4 rings (SSSR count). The molecular formula is C23H22N2O2. The summed E-state index contributed by atoms with van der Waals surface area (Å²) >= 11 is 0. The molecule has 0 radical (unpaired) electrons. The number of fused-ring (bicyclic) bond motifs is 1. The number of imidazole rings is 1. The van der Waals surface area contributed by atoms with Crippen LogP contribution in [-0.4, -0.2) is 16.7 Å². The van der Waals surface area contributed by atoms with Gasteiger partial charge in [0.05, 0.1) is 24.5 Å². The van der Waals surface area contributed by atoms with E-state index in [2.05, 4.69) is 33.8 Å². The highest BCUT2D eigenvalue weighted by Crippen LogP contribution is 2.18. The van der Waals surface area contributed by atoms with Crippen molar-refractivity contribution in [3.8, 4) is 11.5 Å². The first-order chi connectivity index (χ1) is 13.3. The van der Waals surface area contributed by atoms with Crippen molar-refractivity contribution in [3.05, 3.63) is 90.3 Å². The van der Waals surface area contributed by atoms with E-state index >= 15 is 0 Å². The normalized spacial score (nSPS) is 10.9. The van der Waals surface area contributed by atoms with Crippen LogP contribution in [0.4, 0.5) is 0 Å². The Morgan fingerprint density at radius 3 is 2.30 bits per heavy atom. The van der Waals surface area contributed by atoms with Crippen molar-refractivity contribution in [1.29, 1.82) is 0 Å². The molecule has 0 saturated heterocycles. The number of rotatable bonds is 7. The van der Waals surface area contributed by atoms with Crippen LogP contribution < -0.4 is 9.47 Å². The first-order valence-electron chi connectivity index (χ1n) is 9.06. The van der Waals surface area contributed by atoms with Crippen molar-refractivity contribution in [2.24, 2.45) is 0 Å². The number of hydrogen-bond acceptors (Lipinski definition) is 3. The van der Waals surface area contributed by atoms with Gasteiger partial charge in [0.15, 0.2) is 0 Å². The van der Waals surface area contributed by atoms with Crippen LogP contribution in [-0.2, 0) is 19.6 Å². The van der Waals surface area contributed by atoms with Crippen LogP contribution in [0.1, 0.15) is 11.1 Å². The Bertz CT molecular complexity index is 1000. The molecule has 0 atom stereocenters. The zero-order valence-corrected chi connectivity index (χ0v) is 15.3. The van der Waals surface area contributed by atoms with E-state index in [-0.39, 0.29) is 0 Å². The van der Waals surface area contributed by atoms with Crippen LogP contribution >= 0.6 is 0 Å². The van der Waals surface area contributed by atoms with E-state index in [0.717, 1.165) is 35.5 Å². The minimum Gasteiger partial charge on any atom is -0.497 e. The molecule has 0 spiro atoms. The molecule has 0 saturated carbocycles. The van der Waals surface area contributed by atoms with Crippen molar-refractivity contribution < 1.29 is 9.47 Å². The maximum atomic E-state index is 5.87. The lowest BCUT2D eigenvalue weighted by atomic mass is 10.1. The summed E-state index contributed by atoms with van der Waals surface area (Å²) in [6.45, 7) is 1.46. The van der Waals surface area contributed by atoms with Crippen molar-refractivity contribution in [2.45, 2.75) is 19.6 Å². The Balaban J connectivity index is 1.33. The average molecular weight is 358 g/mol. The lowest BCUT2D eigenvalue weighted by molar-refractivity contribution is 0.306. The zero-order valence-electron chi connectivity index (χ0n) is 15.3. The number of aryl methyl sites for hydroxylation is 2. The Labute approximate surface area is 159 Å². The molecule has 0 aliphatic heterocycles. The molecular weight excluding hydrogens is 336 g/mol. The highest BCUT2D eigenvalue weighted by molar-refractivity contribution is 5.74. The van der Waals surface area contributed by atoms with Gasteiger partial charge in [-0.25, -0.2) is 4.98 Å². The molecule has 4 aromatic rings. The van der Waals surface area contributed by atoms with Gasteiger partial charge >= 0.3 is 0 Å². The SMILES string of the molecule is COc1ccc(COc2ccc(CCn3cnc4ccccc43)cc2)cc1. The fraction of sp³-hybridized carbons (Fsp3) is 0.174. The molecule has 27 heavy (non-hydrogen) atoms. The van der Waals surface area contributed by atoms with Crippen LogP contribution in [0.15, 0.2) is 79.1 Å². The predicted molar refractivity (Wildman–Crippen MR) is 107 cm³/mol. The molecule has 0 N–H and O–H groups in total. The first kappa shape index (κ1) is 17.2. The quantitative estimate of drug-likeness (QED) is 0.473. The van der Waals surface area contributed by atoms with Crippen LogP contribution in [0.5, 0.6) is 11.5 Å². The van der Waals surface area contributed by atoms with Crippen LogP contribution in [0.3, 0.4) is 0 Å². The molecule has 0 bridgehead atoms.